The quantitative estimate of drug-likeness (QED) is 0.885. The smallest absolute Gasteiger partial charge is 0.221 e. The van der Waals surface area contributed by atoms with Gasteiger partial charge in [0.2, 0.25) is 5.91 Å². The fraction of sp³-hybridized carbons (Fsp3) is 0.286. The number of benzene rings is 1. The highest BCUT2D eigenvalue weighted by molar-refractivity contribution is 5.85. The Hall–Kier alpha value is -1.85. The van der Waals surface area contributed by atoms with Gasteiger partial charge in [0.15, 0.2) is 5.76 Å². The van der Waals surface area contributed by atoms with Gasteiger partial charge in [-0.3, -0.25) is 4.79 Å². The van der Waals surface area contributed by atoms with Crippen molar-refractivity contribution in [1.29, 1.82) is 0 Å². The Kier molecular flexibility index (Phi) is 6.21. The van der Waals surface area contributed by atoms with E-state index in [1.54, 1.807) is 6.92 Å². The second kappa shape index (κ2) is 7.67. The van der Waals surface area contributed by atoms with E-state index >= 15 is 0 Å². The van der Waals surface area contributed by atoms with E-state index in [0.29, 0.717) is 18.7 Å². The van der Waals surface area contributed by atoms with Crippen molar-refractivity contribution >= 4 is 18.3 Å². The lowest BCUT2D eigenvalue weighted by atomic mass is 10.1. The van der Waals surface area contributed by atoms with E-state index in [2.05, 4.69) is 10.5 Å². The molecule has 1 aromatic carbocycles. The first-order valence-corrected chi connectivity index (χ1v) is 6.18. The Morgan fingerprint density at radius 1 is 1.40 bits per heavy atom. The van der Waals surface area contributed by atoms with Crippen LogP contribution in [-0.2, 0) is 11.3 Å². The molecule has 0 radical (unpaired) electrons. The fourth-order valence-corrected chi connectivity index (χ4v) is 1.69. The molecule has 1 atom stereocenters. The summed E-state index contributed by atoms with van der Waals surface area (Å²) in [5.74, 6) is 0.532. The molecule has 1 heterocycles. The van der Waals surface area contributed by atoms with E-state index in [1.165, 1.54) is 0 Å². The van der Waals surface area contributed by atoms with Gasteiger partial charge in [0.05, 0.1) is 6.54 Å². The molecule has 2 rings (SSSR count). The molecular formula is C14H18ClN3O2. The maximum atomic E-state index is 11.5. The van der Waals surface area contributed by atoms with E-state index in [1.807, 2.05) is 36.4 Å². The predicted molar refractivity (Wildman–Crippen MR) is 79.3 cm³/mol. The average Bonchev–Trinajstić information content (AvgIpc) is 2.85. The number of carbonyl (C=O) groups is 1. The van der Waals surface area contributed by atoms with E-state index in [0.717, 1.165) is 11.3 Å². The van der Waals surface area contributed by atoms with Crippen molar-refractivity contribution in [3.05, 3.63) is 42.2 Å². The Bertz CT molecular complexity index is 540. The molecule has 2 aromatic rings. The number of halogens is 1. The third-order valence-electron chi connectivity index (χ3n) is 2.60. The van der Waals surface area contributed by atoms with Crippen molar-refractivity contribution in [2.24, 2.45) is 5.73 Å². The minimum atomic E-state index is -0.144. The Labute approximate surface area is 123 Å². The summed E-state index contributed by atoms with van der Waals surface area (Å²) >= 11 is 0. The monoisotopic (exact) mass is 295 g/mol. The fourth-order valence-electron chi connectivity index (χ4n) is 1.69. The van der Waals surface area contributed by atoms with Gasteiger partial charge >= 0.3 is 0 Å². The van der Waals surface area contributed by atoms with Crippen molar-refractivity contribution in [3.63, 3.8) is 0 Å². The van der Waals surface area contributed by atoms with Crippen LogP contribution in [0.3, 0.4) is 0 Å². The molecule has 0 aliphatic carbocycles. The highest BCUT2D eigenvalue weighted by Crippen LogP contribution is 2.18. The Balaban J connectivity index is 0.00000200. The number of rotatable bonds is 5. The Morgan fingerprint density at radius 2 is 2.10 bits per heavy atom. The number of nitrogens with one attached hydrogen (secondary N) is 1. The van der Waals surface area contributed by atoms with Crippen LogP contribution in [0, 0.1) is 0 Å². The molecule has 6 heteroatoms. The molecule has 3 N–H and O–H groups in total. The van der Waals surface area contributed by atoms with Gasteiger partial charge in [-0.15, -0.1) is 12.4 Å². The summed E-state index contributed by atoms with van der Waals surface area (Å²) in [6.45, 7) is 2.12. The van der Waals surface area contributed by atoms with Crippen molar-refractivity contribution < 1.29 is 9.32 Å². The summed E-state index contributed by atoms with van der Waals surface area (Å²) in [5.41, 5.74) is 7.29. The molecule has 0 saturated carbocycles. The van der Waals surface area contributed by atoms with Crippen LogP contribution < -0.4 is 11.1 Å². The van der Waals surface area contributed by atoms with Gasteiger partial charge in [0.25, 0.3) is 0 Å². The first kappa shape index (κ1) is 16.2. The van der Waals surface area contributed by atoms with E-state index in [4.69, 9.17) is 10.3 Å². The zero-order valence-electron chi connectivity index (χ0n) is 11.2. The van der Waals surface area contributed by atoms with Gasteiger partial charge < -0.3 is 15.6 Å². The van der Waals surface area contributed by atoms with Gasteiger partial charge in [-0.25, -0.2) is 0 Å². The van der Waals surface area contributed by atoms with Crippen LogP contribution in [0.15, 0.2) is 40.9 Å². The molecule has 0 fully saturated rings. The molecule has 1 aromatic heterocycles. The zero-order valence-corrected chi connectivity index (χ0v) is 12.0. The van der Waals surface area contributed by atoms with Crippen LogP contribution in [0.25, 0.3) is 11.3 Å². The summed E-state index contributed by atoms with van der Waals surface area (Å²) in [4.78, 5) is 11.5. The number of carbonyl (C=O) groups excluding carboxylic acids is 1. The van der Waals surface area contributed by atoms with Crippen molar-refractivity contribution in [3.8, 4) is 11.3 Å². The van der Waals surface area contributed by atoms with Crippen molar-refractivity contribution in [2.75, 3.05) is 0 Å². The molecule has 0 aliphatic rings. The van der Waals surface area contributed by atoms with Crippen LogP contribution >= 0.6 is 12.4 Å². The van der Waals surface area contributed by atoms with Gasteiger partial charge in [-0.05, 0) is 6.92 Å². The topological polar surface area (TPSA) is 81.2 Å². The molecule has 1 unspecified atom stereocenters. The third kappa shape index (κ3) is 4.68. The van der Waals surface area contributed by atoms with Gasteiger partial charge in [-0.1, -0.05) is 35.5 Å². The van der Waals surface area contributed by atoms with Crippen LogP contribution in [0.4, 0.5) is 0 Å². The summed E-state index contributed by atoms with van der Waals surface area (Å²) in [6, 6.07) is 11.4. The summed E-state index contributed by atoms with van der Waals surface area (Å²) in [7, 11) is 0. The number of aromatic nitrogens is 1. The predicted octanol–water partition coefficient (Wildman–Crippen LogP) is 2.12. The standard InChI is InChI=1S/C14H17N3O2.ClH/c1-10(15)7-14(18)16-9-12-8-13(17-19-12)11-5-3-2-4-6-11;/h2-6,8,10H,7,9,15H2,1H3,(H,16,18);1H. The Morgan fingerprint density at radius 3 is 2.75 bits per heavy atom. The highest BCUT2D eigenvalue weighted by Gasteiger charge is 2.08. The first-order valence-electron chi connectivity index (χ1n) is 6.18. The zero-order chi connectivity index (χ0) is 13.7. The van der Waals surface area contributed by atoms with Crippen molar-refractivity contribution in [1.82, 2.24) is 10.5 Å². The maximum Gasteiger partial charge on any atom is 0.221 e. The summed E-state index contributed by atoms with van der Waals surface area (Å²) < 4.78 is 5.18. The molecular weight excluding hydrogens is 278 g/mol. The largest absolute Gasteiger partial charge is 0.359 e. The lowest BCUT2D eigenvalue weighted by molar-refractivity contribution is -0.121. The number of hydrogen-bond acceptors (Lipinski definition) is 4. The molecule has 0 aliphatic heterocycles. The third-order valence-corrected chi connectivity index (χ3v) is 2.60. The normalized spacial score (nSPS) is 11.5. The molecule has 0 spiro atoms. The second-order valence-corrected chi connectivity index (χ2v) is 4.50. The maximum absolute atomic E-state index is 11.5. The number of nitrogens with zero attached hydrogens (tertiary/aromatic N) is 1. The van der Waals surface area contributed by atoms with Gasteiger partial charge in [-0.2, -0.15) is 0 Å². The second-order valence-electron chi connectivity index (χ2n) is 4.50. The summed E-state index contributed by atoms with van der Waals surface area (Å²) in [6.07, 6.45) is 0.305. The average molecular weight is 296 g/mol. The number of hydrogen-bond donors (Lipinski definition) is 2. The molecule has 5 nitrogen and oxygen atoms in total. The lowest BCUT2D eigenvalue weighted by Gasteiger charge is -2.04. The first-order chi connectivity index (χ1) is 9.15. The SMILES string of the molecule is CC(N)CC(=O)NCc1cc(-c2ccccc2)no1.Cl. The number of nitrogens with two attached hydrogens (primary N) is 1. The van der Waals surface area contributed by atoms with Crippen LogP contribution in [0.2, 0.25) is 0 Å². The van der Waals surface area contributed by atoms with E-state index < -0.39 is 0 Å². The lowest BCUT2D eigenvalue weighted by Crippen LogP contribution is -2.29. The molecule has 108 valence electrons. The molecule has 0 saturated heterocycles. The highest BCUT2D eigenvalue weighted by atomic mass is 35.5. The van der Waals surface area contributed by atoms with Crippen LogP contribution in [0.5, 0.6) is 0 Å². The van der Waals surface area contributed by atoms with Gasteiger partial charge in [0.1, 0.15) is 5.69 Å². The molecule has 1 amide bonds. The van der Waals surface area contributed by atoms with Crippen LogP contribution in [0.1, 0.15) is 19.1 Å². The summed E-state index contributed by atoms with van der Waals surface area (Å²) in [5, 5.41) is 6.72. The minimum absolute atomic E-state index is 0. The van der Waals surface area contributed by atoms with Crippen molar-refractivity contribution in [2.45, 2.75) is 25.9 Å². The number of amides is 1. The molecule has 0 bridgehead atoms. The van der Waals surface area contributed by atoms with E-state index in [9.17, 15) is 4.79 Å². The van der Waals surface area contributed by atoms with Crippen LogP contribution in [-0.4, -0.2) is 17.1 Å². The van der Waals surface area contributed by atoms with Gasteiger partial charge in [0, 0.05) is 24.1 Å². The minimum Gasteiger partial charge on any atom is -0.359 e. The van der Waals surface area contributed by atoms with E-state index in [-0.39, 0.29) is 24.4 Å². The molecule has 20 heavy (non-hydrogen) atoms.